The van der Waals surface area contributed by atoms with Gasteiger partial charge in [0.15, 0.2) is 6.61 Å². The van der Waals surface area contributed by atoms with E-state index < -0.39 is 0 Å². The molecule has 1 aromatic heterocycles. The maximum atomic E-state index is 11.6. The number of carbonyl (C=O) groups excluding carboxylic acids is 1. The molecule has 3 N–H and O–H groups in total. The van der Waals surface area contributed by atoms with Gasteiger partial charge in [0.25, 0.3) is 5.91 Å². The van der Waals surface area contributed by atoms with Crippen molar-refractivity contribution in [2.24, 2.45) is 0 Å². The highest BCUT2D eigenvalue weighted by Crippen LogP contribution is 2.28. The SMILES string of the molecule is Nc1ccc(OCC(=O)NC2CC2)c2cccnc12. The average molecular weight is 257 g/mol. The van der Waals surface area contributed by atoms with E-state index in [0.29, 0.717) is 23.0 Å². The number of pyridine rings is 1. The van der Waals surface area contributed by atoms with Crippen LogP contribution in [0.1, 0.15) is 12.8 Å². The number of anilines is 1. The molecule has 0 spiro atoms. The maximum absolute atomic E-state index is 11.6. The second-order valence-corrected chi connectivity index (χ2v) is 4.68. The number of hydrogen-bond acceptors (Lipinski definition) is 4. The molecular weight excluding hydrogens is 242 g/mol. The van der Waals surface area contributed by atoms with Crippen LogP contribution in [-0.4, -0.2) is 23.5 Å². The number of nitrogens with one attached hydrogen (secondary N) is 1. The van der Waals surface area contributed by atoms with Gasteiger partial charge in [-0.15, -0.1) is 0 Å². The fourth-order valence-electron chi connectivity index (χ4n) is 1.93. The van der Waals surface area contributed by atoms with Crippen LogP contribution in [0.4, 0.5) is 5.69 Å². The summed E-state index contributed by atoms with van der Waals surface area (Å²) in [7, 11) is 0. The third kappa shape index (κ3) is 2.59. The number of aromatic nitrogens is 1. The highest BCUT2D eigenvalue weighted by atomic mass is 16.5. The molecule has 2 aromatic rings. The van der Waals surface area contributed by atoms with Crippen LogP contribution >= 0.6 is 0 Å². The maximum Gasteiger partial charge on any atom is 0.258 e. The van der Waals surface area contributed by atoms with E-state index in [1.54, 1.807) is 18.3 Å². The Bertz CT molecular complexity index is 623. The number of benzene rings is 1. The van der Waals surface area contributed by atoms with Crippen molar-refractivity contribution < 1.29 is 9.53 Å². The molecule has 0 saturated heterocycles. The van der Waals surface area contributed by atoms with E-state index in [1.807, 2.05) is 12.1 Å². The number of ether oxygens (including phenoxy) is 1. The van der Waals surface area contributed by atoms with Crippen LogP contribution in [0, 0.1) is 0 Å². The van der Waals surface area contributed by atoms with Crippen LogP contribution in [0.2, 0.25) is 0 Å². The minimum atomic E-state index is -0.0867. The van der Waals surface area contributed by atoms with E-state index in [9.17, 15) is 4.79 Å². The predicted molar refractivity (Wildman–Crippen MR) is 72.8 cm³/mol. The molecule has 3 rings (SSSR count). The number of rotatable bonds is 4. The van der Waals surface area contributed by atoms with Crippen LogP contribution in [-0.2, 0) is 4.79 Å². The number of carbonyl (C=O) groups is 1. The zero-order valence-electron chi connectivity index (χ0n) is 10.4. The molecule has 1 heterocycles. The van der Waals surface area contributed by atoms with Crippen molar-refractivity contribution in [2.45, 2.75) is 18.9 Å². The minimum Gasteiger partial charge on any atom is -0.483 e. The molecular formula is C14H15N3O2. The largest absolute Gasteiger partial charge is 0.483 e. The van der Waals surface area contributed by atoms with E-state index in [2.05, 4.69) is 10.3 Å². The van der Waals surface area contributed by atoms with Crippen molar-refractivity contribution in [3.63, 3.8) is 0 Å². The number of nitrogens with zero attached hydrogens (tertiary/aromatic N) is 1. The van der Waals surface area contributed by atoms with Gasteiger partial charge in [0.1, 0.15) is 5.75 Å². The third-order valence-corrected chi connectivity index (χ3v) is 3.06. The van der Waals surface area contributed by atoms with Crippen molar-refractivity contribution in [2.75, 3.05) is 12.3 Å². The molecule has 0 unspecified atom stereocenters. The molecule has 1 amide bonds. The minimum absolute atomic E-state index is 0.0183. The van der Waals surface area contributed by atoms with Gasteiger partial charge < -0.3 is 15.8 Å². The molecule has 1 saturated carbocycles. The Kier molecular flexibility index (Phi) is 2.95. The number of hydrogen-bond donors (Lipinski definition) is 2. The van der Waals surface area contributed by atoms with Gasteiger partial charge in [-0.25, -0.2) is 0 Å². The van der Waals surface area contributed by atoms with E-state index in [4.69, 9.17) is 10.5 Å². The molecule has 0 bridgehead atoms. The molecule has 0 radical (unpaired) electrons. The number of amides is 1. The summed E-state index contributed by atoms with van der Waals surface area (Å²) >= 11 is 0. The topological polar surface area (TPSA) is 77.2 Å². The molecule has 1 aliphatic carbocycles. The Labute approximate surface area is 110 Å². The summed E-state index contributed by atoms with van der Waals surface area (Å²) in [6, 6.07) is 7.56. The Balaban J connectivity index is 1.76. The van der Waals surface area contributed by atoms with Crippen molar-refractivity contribution in [3.8, 4) is 5.75 Å². The van der Waals surface area contributed by atoms with Crippen LogP contribution in [0.5, 0.6) is 5.75 Å². The summed E-state index contributed by atoms with van der Waals surface area (Å²) in [5, 5.41) is 3.70. The standard InChI is InChI=1S/C14H15N3O2/c15-11-5-6-12(10-2-1-7-16-14(10)11)19-8-13(18)17-9-3-4-9/h1-2,5-7,9H,3-4,8,15H2,(H,17,18). The van der Waals surface area contributed by atoms with Gasteiger partial charge >= 0.3 is 0 Å². The van der Waals surface area contributed by atoms with Gasteiger partial charge in [0, 0.05) is 17.6 Å². The molecule has 0 atom stereocenters. The van der Waals surface area contributed by atoms with Gasteiger partial charge in [0.05, 0.1) is 11.2 Å². The van der Waals surface area contributed by atoms with Crippen LogP contribution in [0.25, 0.3) is 10.9 Å². The Hall–Kier alpha value is -2.30. The predicted octanol–water partition coefficient (Wildman–Crippen LogP) is 1.47. The molecule has 98 valence electrons. The summed E-state index contributed by atoms with van der Waals surface area (Å²) in [4.78, 5) is 15.8. The monoisotopic (exact) mass is 257 g/mol. The van der Waals surface area contributed by atoms with Gasteiger partial charge in [-0.3, -0.25) is 9.78 Å². The fraction of sp³-hybridized carbons (Fsp3) is 0.286. The lowest BCUT2D eigenvalue weighted by Gasteiger charge is -2.10. The van der Waals surface area contributed by atoms with Crippen molar-refractivity contribution >= 4 is 22.5 Å². The average Bonchev–Trinajstić information content (AvgIpc) is 3.22. The number of nitrogens with two attached hydrogens (primary N) is 1. The summed E-state index contributed by atoms with van der Waals surface area (Å²) in [5.41, 5.74) is 7.16. The first-order valence-corrected chi connectivity index (χ1v) is 6.29. The van der Waals surface area contributed by atoms with Crippen molar-refractivity contribution in [1.82, 2.24) is 10.3 Å². The van der Waals surface area contributed by atoms with Gasteiger partial charge in [0.2, 0.25) is 0 Å². The van der Waals surface area contributed by atoms with Crippen LogP contribution < -0.4 is 15.8 Å². The summed E-state index contributed by atoms with van der Waals surface area (Å²) in [6.45, 7) is 0.0183. The normalized spacial score (nSPS) is 14.3. The molecule has 19 heavy (non-hydrogen) atoms. The van der Waals surface area contributed by atoms with Gasteiger partial charge in [-0.2, -0.15) is 0 Å². The van der Waals surface area contributed by atoms with E-state index >= 15 is 0 Å². The van der Waals surface area contributed by atoms with E-state index in [-0.39, 0.29) is 12.5 Å². The first-order valence-electron chi connectivity index (χ1n) is 6.29. The molecule has 0 aliphatic heterocycles. The lowest BCUT2D eigenvalue weighted by Crippen LogP contribution is -2.30. The van der Waals surface area contributed by atoms with E-state index in [1.165, 1.54) is 0 Å². The summed E-state index contributed by atoms with van der Waals surface area (Å²) in [5.74, 6) is 0.541. The highest BCUT2D eigenvalue weighted by molar-refractivity contribution is 5.94. The quantitative estimate of drug-likeness (QED) is 0.813. The summed E-state index contributed by atoms with van der Waals surface area (Å²) in [6.07, 6.45) is 3.82. The van der Waals surface area contributed by atoms with E-state index in [0.717, 1.165) is 18.2 Å². The van der Waals surface area contributed by atoms with Crippen molar-refractivity contribution in [3.05, 3.63) is 30.5 Å². The van der Waals surface area contributed by atoms with Crippen LogP contribution in [0.15, 0.2) is 30.5 Å². The number of nitrogen functional groups attached to an aromatic ring is 1. The first-order chi connectivity index (χ1) is 9.24. The Morgan fingerprint density at radius 3 is 3.05 bits per heavy atom. The Morgan fingerprint density at radius 1 is 1.42 bits per heavy atom. The molecule has 1 fully saturated rings. The lowest BCUT2D eigenvalue weighted by molar-refractivity contribution is -0.123. The highest BCUT2D eigenvalue weighted by Gasteiger charge is 2.23. The Morgan fingerprint density at radius 2 is 2.26 bits per heavy atom. The second kappa shape index (κ2) is 4.76. The van der Waals surface area contributed by atoms with Crippen LogP contribution in [0.3, 0.4) is 0 Å². The molecule has 5 nitrogen and oxygen atoms in total. The lowest BCUT2D eigenvalue weighted by atomic mass is 10.2. The fourth-order valence-corrected chi connectivity index (χ4v) is 1.93. The third-order valence-electron chi connectivity index (χ3n) is 3.06. The molecule has 1 aliphatic rings. The first kappa shape index (κ1) is 11.8. The molecule has 1 aromatic carbocycles. The smallest absolute Gasteiger partial charge is 0.258 e. The zero-order valence-corrected chi connectivity index (χ0v) is 10.4. The second-order valence-electron chi connectivity index (χ2n) is 4.68. The van der Waals surface area contributed by atoms with Gasteiger partial charge in [-0.05, 0) is 37.1 Å². The zero-order chi connectivity index (χ0) is 13.2. The molecule has 5 heteroatoms. The van der Waals surface area contributed by atoms with Gasteiger partial charge in [-0.1, -0.05) is 0 Å². The number of fused-ring (bicyclic) bond motifs is 1. The van der Waals surface area contributed by atoms with Crippen molar-refractivity contribution in [1.29, 1.82) is 0 Å². The summed E-state index contributed by atoms with van der Waals surface area (Å²) < 4.78 is 5.56.